The van der Waals surface area contributed by atoms with Crippen molar-refractivity contribution in [3.05, 3.63) is 0 Å². The number of hydrogen-bond acceptors (Lipinski definition) is 2. The van der Waals surface area contributed by atoms with E-state index in [2.05, 4.69) is 0 Å². The monoisotopic (exact) mass is 174 g/mol. The highest BCUT2D eigenvalue weighted by Gasteiger charge is 2.21. The zero-order valence-electron chi connectivity index (χ0n) is 9.14. The standard InChI is InChI=1S/C10H22O2/c1-8(7-10(5,6)11)12-9(2,3)4/h8,11H,7H2,1-6H3. The van der Waals surface area contributed by atoms with Crippen LogP contribution in [0.1, 0.15) is 48.0 Å². The van der Waals surface area contributed by atoms with E-state index < -0.39 is 5.60 Å². The van der Waals surface area contributed by atoms with Gasteiger partial charge in [-0.3, -0.25) is 0 Å². The summed E-state index contributed by atoms with van der Waals surface area (Å²) in [4.78, 5) is 0. The van der Waals surface area contributed by atoms with Gasteiger partial charge in [0.1, 0.15) is 0 Å². The number of hydrogen-bond donors (Lipinski definition) is 1. The largest absolute Gasteiger partial charge is 0.390 e. The Kier molecular flexibility index (Phi) is 3.73. The van der Waals surface area contributed by atoms with Crippen molar-refractivity contribution >= 4 is 0 Å². The lowest BCUT2D eigenvalue weighted by Gasteiger charge is -2.28. The molecule has 1 N–H and O–H groups in total. The van der Waals surface area contributed by atoms with Gasteiger partial charge in [0.25, 0.3) is 0 Å². The maximum absolute atomic E-state index is 9.50. The summed E-state index contributed by atoms with van der Waals surface area (Å²) in [5.74, 6) is 0. The molecule has 0 fully saturated rings. The van der Waals surface area contributed by atoms with Gasteiger partial charge >= 0.3 is 0 Å². The summed E-state index contributed by atoms with van der Waals surface area (Å²) < 4.78 is 5.65. The van der Waals surface area contributed by atoms with E-state index in [0.717, 1.165) is 0 Å². The molecule has 0 saturated carbocycles. The summed E-state index contributed by atoms with van der Waals surface area (Å²) in [6, 6.07) is 0. The van der Waals surface area contributed by atoms with E-state index in [1.807, 2.05) is 27.7 Å². The first kappa shape index (κ1) is 11.9. The average molecular weight is 174 g/mol. The second kappa shape index (κ2) is 3.75. The number of rotatable bonds is 3. The van der Waals surface area contributed by atoms with Gasteiger partial charge in [0.05, 0.1) is 17.3 Å². The highest BCUT2D eigenvalue weighted by atomic mass is 16.5. The summed E-state index contributed by atoms with van der Waals surface area (Å²) in [5, 5.41) is 9.50. The first-order valence-electron chi connectivity index (χ1n) is 4.50. The van der Waals surface area contributed by atoms with Crippen LogP contribution in [0, 0.1) is 0 Å². The second-order valence-electron chi connectivity index (χ2n) is 5.06. The SMILES string of the molecule is CC(CC(C)(C)O)OC(C)(C)C. The van der Waals surface area contributed by atoms with Gasteiger partial charge in [0.2, 0.25) is 0 Å². The average Bonchev–Trinajstić information content (AvgIpc) is 1.49. The van der Waals surface area contributed by atoms with Crippen LogP contribution >= 0.6 is 0 Å². The van der Waals surface area contributed by atoms with Crippen LogP contribution in [0.5, 0.6) is 0 Å². The molecule has 12 heavy (non-hydrogen) atoms. The van der Waals surface area contributed by atoms with E-state index >= 15 is 0 Å². The molecule has 0 radical (unpaired) electrons. The third kappa shape index (κ3) is 8.02. The van der Waals surface area contributed by atoms with Crippen LogP contribution in [0.25, 0.3) is 0 Å². The van der Waals surface area contributed by atoms with E-state index in [1.54, 1.807) is 13.8 Å². The minimum atomic E-state index is -0.634. The molecule has 0 aromatic rings. The molecule has 0 aromatic heterocycles. The summed E-state index contributed by atoms with van der Waals surface area (Å²) in [5.41, 5.74) is -0.755. The van der Waals surface area contributed by atoms with Crippen molar-refractivity contribution in [3.63, 3.8) is 0 Å². The molecule has 2 heteroatoms. The maximum atomic E-state index is 9.50. The Morgan fingerprint density at radius 3 is 1.83 bits per heavy atom. The highest BCUT2D eigenvalue weighted by molar-refractivity contribution is 4.72. The number of ether oxygens (including phenoxy) is 1. The Bertz CT molecular complexity index is 112. The quantitative estimate of drug-likeness (QED) is 0.711. The molecular formula is C10H22O2. The minimum absolute atomic E-state index is 0.102. The lowest BCUT2D eigenvalue weighted by molar-refractivity contribution is -0.0819. The van der Waals surface area contributed by atoms with Crippen molar-refractivity contribution in [2.45, 2.75) is 65.3 Å². The molecule has 2 nitrogen and oxygen atoms in total. The van der Waals surface area contributed by atoms with Crippen LogP contribution in [0.2, 0.25) is 0 Å². The summed E-state index contributed by atoms with van der Waals surface area (Å²) in [7, 11) is 0. The number of aliphatic hydroxyl groups is 1. The summed E-state index contributed by atoms with van der Waals surface area (Å²) in [6.45, 7) is 11.7. The van der Waals surface area contributed by atoms with E-state index in [9.17, 15) is 5.11 Å². The van der Waals surface area contributed by atoms with E-state index in [1.165, 1.54) is 0 Å². The zero-order valence-corrected chi connectivity index (χ0v) is 9.14. The molecule has 0 aromatic carbocycles. The summed E-state index contributed by atoms with van der Waals surface area (Å²) >= 11 is 0. The van der Waals surface area contributed by atoms with Gasteiger partial charge in [-0.15, -0.1) is 0 Å². The molecular weight excluding hydrogens is 152 g/mol. The van der Waals surface area contributed by atoms with Crippen LogP contribution in [0.3, 0.4) is 0 Å². The smallest absolute Gasteiger partial charge is 0.0616 e. The molecule has 0 rings (SSSR count). The Morgan fingerprint density at radius 2 is 1.58 bits per heavy atom. The van der Waals surface area contributed by atoms with E-state index in [0.29, 0.717) is 6.42 Å². The van der Waals surface area contributed by atoms with Crippen molar-refractivity contribution in [2.75, 3.05) is 0 Å². The Balaban J connectivity index is 3.83. The Morgan fingerprint density at radius 1 is 1.17 bits per heavy atom. The maximum Gasteiger partial charge on any atom is 0.0616 e. The van der Waals surface area contributed by atoms with Crippen LogP contribution in [-0.4, -0.2) is 22.4 Å². The zero-order chi connectivity index (χ0) is 9.99. The van der Waals surface area contributed by atoms with Crippen molar-refractivity contribution in [3.8, 4) is 0 Å². The summed E-state index contributed by atoms with van der Waals surface area (Å²) in [6.07, 6.45) is 0.773. The molecule has 0 aliphatic heterocycles. The molecule has 0 aliphatic rings. The van der Waals surface area contributed by atoms with Gasteiger partial charge in [-0.25, -0.2) is 0 Å². The minimum Gasteiger partial charge on any atom is -0.390 e. The molecule has 0 saturated heterocycles. The van der Waals surface area contributed by atoms with Crippen molar-refractivity contribution in [1.82, 2.24) is 0 Å². The molecule has 74 valence electrons. The third-order valence-corrected chi connectivity index (χ3v) is 1.34. The first-order valence-corrected chi connectivity index (χ1v) is 4.50. The highest BCUT2D eigenvalue weighted by Crippen LogP contribution is 2.18. The lowest BCUT2D eigenvalue weighted by atomic mass is 10.0. The first-order chi connectivity index (χ1) is 5.10. The fourth-order valence-corrected chi connectivity index (χ4v) is 1.35. The predicted molar refractivity (Wildman–Crippen MR) is 51.2 cm³/mol. The van der Waals surface area contributed by atoms with Gasteiger partial charge in [0.15, 0.2) is 0 Å². The lowest BCUT2D eigenvalue weighted by Crippen LogP contribution is -2.32. The molecule has 1 unspecified atom stereocenters. The van der Waals surface area contributed by atoms with Gasteiger partial charge < -0.3 is 9.84 Å². The Labute approximate surface area is 75.9 Å². The van der Waals surface area contributed by atoms with Gasteiger partial charge in [-0.05, 0) is 41.5 Å². The van der Waals surface area contributed by atoms with Gasteiger partial charge in [-0.2, -0.15) is 0 Å². The van der Waals surface area contributed by atoms with Gasteiger partial charge in [-0.1, -0.05) is 0 Å². The third-order valence-electron chi connectivity index (χ3n) is 1.34. The molecule has 1 atom stereocenters. The van der Waals surface area contributed by atoms with Crippen molar-refractivity contribution in [2.24, 2.45) is 0 Å². The molecule has 0 amide bonds. The molecule has 0 spiro atoms. The molecule has 0 bridgehead atoms. The van der Waals surface area contributed by atoms with Crippen molar-refractivity contribution < 1.29 is 9.84 Å². The van der Waals surface area contributed by atoms with Crippen molar-refractivity contribution in [1.29, 1.82) is 0 Å². The fourth-order valence-electron chi connectivity index (χ4n) is 1.35. The van der Waals surface area contributed by atoms with Crippen LogP contribution in [-0.2, 0) is 4.74 Å². The topological polar surface area (TPSA) is 29.5 Å². The van der Waals surface area contributed by atoms with Crippen LogP contribution < -0.4 is 0 Å². The second-order valence-corrected chi connectivity index (χ2v) is 5.06. The predicted octanol–water partition coefficient (Wildman–Crippen LogP) is 2.35. The normalized spacial score (nSPS) is 16.2. The van der Waals surface area contributed by atoms with E-state index in [4.69, 9.17) is 4.74 Å². The molecule has 0 aliphatic carbocycles. The Hall–Kier alpha value is -0.0800. The fraction of sp³-hybridized carbons (Fsp3) is 1.00. The molecule has 0 heterocycles. The van der Waals surface area contributed by atoms with Crippen LogP contribution in [0.15, 0.2) is 0 Å². The van der Waals surface area contributed by atoms with Crippen LogP contribution in [0.4, 0.5) is 0 Å². The van der Waals surface area contributed by atoms with E-state index in [-0.39, 0.29) is 11.7 Å². The van der Waals surface area contributed by atoms with Gasteiger partial charge in [0, 0.05) is 6.42 Å².